The second-order valence-electron chi connectivity index (χ2n) is 7.47. The lowest BCUT2D eigenvalue weighted by Crippen LogP contribution is -2.45. The predicted molar refractivity (Wildman–Crippen MR) is 109 cm³/mol. The number of methoxy groups -OCH3 is 1. The number of ketones is 1. The Hall–Kier alpha value is -4.08. The Bertz CT molecular complexity index is 1210. The molecule has 0 saturated carbocycles. The van der Waals surface area contributed by atoms with Crippen LogP contribution >= 0.6 is 0 Å². The van der Waals surface area contributed by atoms with Crippen LogP contribution in [0, 0.1) is 21.8 Å². The summed E-state index contributed by atoms with van der Waals surface area (Å²) in [6.45, 7) is -0.596. The SMILES string of the molecule is COc1cccc(-c2ccc(N3CC(=O)C4=C(C3=O)C([N+](=O)[O-])CC4C(=O)O)c(F)c2)c1. The van der Waals surface area contributed by atoms with E-state index in [-0.39, 0.29) is 11.3 Å². The zero-order valence-electron chi connectivity index (χ0n) is 16.8. The lowest BCUT2D eigenvalue weighted by molar-refractivity contribution is -0.511. The zero-order chi connectivity index (χ0) is 23.2. The second kappa shape index (κ2) is 7.88. The van der Waals surface area contributed by atoms with Gasteiger partial charge in [0.1, 0.15) is 11.6 Å². The Morgan fingerprint density at radius 1 is 1.19 bits per heavy atom. The normalized spacial score (nSPS) is 20.4. The van der Waals surface area contributed by atoms with Crippen LogP contribution in [0.4, 0.5) is 10.1 Å². The number of halogens is 1. The quantitative estimate of drug-likeness (QED) is 0.559. The number of carbonyl (C=O) groups is 3. The standard InChI is InChI=1S/C22H17FN2O7/c1-32-13-4-2-3-11(7-13)12-5-6-16(15(23)8-12)24-10-18(26)19-14(22(28)29)9-17(25(30)31)20(19)21(24)27/h2-8,14,17H,9-10H2,1H3,(H,28,29). The topological polar surface area (TPSA) is 127 Å². The fourth-order valence-corrected chi connectivity index (χ4v) is 4.19. The Kier molecular flexibility index (Phi) is 5.21. The molecule has 0 bridgehead atoms. The van der Waals surface area contributed by atoms with Crippen molar-refractivity contribution in [3.05, 3.63) is 69.5 Å². The van der Waals surface area contributed by atoms with Gasteiger partial charge in [-0.25, -0.2) is 4.39 Å². The maximum Gasteiger partial charge on any atom is 0.311 e. The highest BCUT2D eigenvalue weighted by Crippen LogP contribution is 2.40. The Labute approximate surface area is 180 Å². The van der Waals surface area contributed by atoms with E-state index in [0.29, 0.717) is 16.9 Å². The van der Waals surface area contributed by atoms with Gasteiger partial charge in [0.15, 0.2) is 5.78 Å². The third-order valence-corrected chi connectivity index (χ3v) is 5.70. The smallest absolute Gasteiger partial charge is 0.311 e. The summed E-state index contributed by atoms with van der Waals surface area (Å²) in [6.07, 6.45) is -0.490. The average molecular weight is 440 g/mol. The van der Waals surface area contributed by atoms with Gasteiger partial charge in [-0.2, -0.15) is 0 Å². The van der Waals surface area contributed by atoms with E-state index in [1.54, 1.807) is 30.3 Å². The van der Waals surface area contributed by atoms with Gasteiger partial charge >= 0.3 is 5.97 Å². The third-order valence-electron chi connectivity index (χ3n) is 5.70. The number of Topliss-reactive ketones (excluding diaryl/α,β-unsaturated/α-hetero) is 1. The summed E-state index contributed by atoms with van der Waals surface area (Å²) in [5, 5.41) is 20.8. The molecule has 1 heterocycles. The first kappa shape index (κ1) is 21.2. The highest BCUT2D eigenvalue weighted by Gasteiger charge is 2.53. The minimum absolute atomic E-state index is 0.220. The molecule has 0 aromatic heterocycles. The van der Waals surface area contributed by atoms with E-state index in [0.717, 1.165) is 4.90 Å². The Morgan fingerprint density at radius 3 is 2.53 bits per heavy atom. The van der Waals surface area contributed by atoms with Crippen molar-refractivity contribution in [3.63, 3.8) is 0 Å². The molecule has 1 N–H and O–H groups in total. The van der Waals surface area contributed by atoms with E-state index in [4.69, 9.17) is 4.74 Å². The number of carboxylic acids is 1. The largest absolute Gasteiger partial charge is 0.497 e. The first-order chi connectivity index (χ1) is 15.2. The number of nitrogens with zero attached hydrogens (tertiary/aromatic N) is 2. The van der Waals surface area contributed by atoms with Crippen LogP contribution in [0.15, 0.2) is 53.6 Å². The van der Waals surface area contributed by atoms with E-state index in [9.17, 15) is 29.6 Å². The molecule has 2 unspecified atom stereocenters. The molecule has 0 radical (unpaired) electrons. The summed E-state index contributed by atoms with van der Waals surface area (Å²) in [5.41, 5.74) is 0.108. The van der Waals surface area contributed by atoms with Crippen LogP contribution in [0.3, 0.4) is 0 Å². The van der Waals surface area contributed by atoms with Crippen molar-refractivity contribution >= 4 is 23.3 Å². The van der Waals surface area contributed by atoms with Crippen LogP contribution in [0.5, 0.6) is 5.75 Å². The van der Waals surface area contributed by atoms with Crippen molar-refractivity contribution in [1.82, 2.24) is 0 Å². The Balaban J connectivity index is 1.73. The number of ether oxygens (including phenoxy) is 1. The van der Waals surface area contributed by atoms with Gasteiger partial charge in [0.05, 0.1) is 30.8 Å². The Morgan fingerprint density at radius 2 is 1.91 bits per heavy atom. The number of amides is 1. The van der Waals surface area contributed by atoms with E-state index in [1.807, 2.05) is 0 Å². The lowest BCUT2D eigenvalue weighted by atomic mass is 9.93. The minimum Gasteiger partial charge on any atom is -0.497 e. The van der Waals surface area contributed by atoms with Gasteiger partial charge in [0.25, 0.3) is 5.91 Å². The summed E-state index contributed by atoms with van der Waals surface area (Å²) < 4.78 is 20.2. The van der Waals surface area contributed by atoms with Crippen LogP contribution in [0.2, 0.25) is 0 Å². The summed E-state index contributed by atoms with van der Waals surface area (Å²) in [6, 6.07) is 9.33. The van der Waals surface area contributed by atoms with Gasteiger partial charge in [-0.15, -0.1) is 0 Å². The second-order valence-corrected chi connectivity index (χ2v) is 7.47. The van der Waals surface area contributed by atoms with Crippen molar-refractivity contribution in [1.29, 1.82) is 0 Å². The summed E-state index contributed by atoms with van der Waals surface area (Å²) in [5.74, 6) is -4.75. The molecule has 9 nitrogen and oxygen atoms in total. The van der Waals surface area contributed by atoms with Crippen LogP contribution < -0.4 is 9.64 Å². The molecule has 0 saturated heterocycles. The third kappa shape index (κ3) is 3.39. The molecule has 164 valence electrons. The van der Waals surface area contributed by atoms with Gasteiger partial charge in [-0.05, 0) is 35.4 Å². The van der Waals surface area contributed by atoms with Crippen molar-refractivity contribution in [2.45, 2.75) is 12.5 Å². The van der Waals surface area contributed by atoms with Crippen molar-refractivity contribution in [2.75, 3.05) is 18.6 Å². The van der Waals surface area contributed by atoms with E-state index in [2.05, 4.69) is 0 Å². The summed E-state index contributed by atoms with van der Waals surface area (Å²) in [4.78, 5) is 48.7. The first-order valence-electron chi connectivity index (χ1n) is 9.62. The molecule has 1 aliphatic heterocycles. The molecule has 2 atom stereocenters. The maximum atomic E-state index is 15.0. The molecule has 2 aliphatic rings. The number of nitro groups is 1. The van der Waals surface area contributed by atoms with Crippen molar-refractivity contribution < 1.29 is 33.5 Å². The summed E-state index contributed by atoms with van der Waals surface area (Å²) >= 11 is 0. The number of aliphatic carboxylic acids is 1. The molecule has 4 rings (SSSR count). The molecule has 2 aromatic rings. The van der Waals surface area contributed by atoms with Crippen molar-refractivity contribution in [2.24, 2.45) is 5.92 Å². The van der Waals surface area contributed by atoms with Crippen molar-refractivity contribution in [3.8, 4) is 16.9 Å². The maximum absolute atomic E-state index is 15.0. The minimum atomic E-state index is -1.63. The van der Waals surface area contributed by atoms with Crippen LogP contribution in [-0.4, -0.2) is 47.4 Å². The monoisotopic (exact) mass is 440 g/mol. The fourth-order valence-electron chi connectivity index (χ4n) is 4.19. The van der Waals surface area contributed by atoms with Crippen LogP contribution in [0.25, 0.3) is 11.1 Å². The zero-order valence-corrected chi connectivity index (χ0v) is 16.8. The lowest BCUT2D eigenvalue weighted by Gasteiger charge is -2.28. The molecule has 1 amide bonds. The number of hydrogen-bond donors (Lipinski definition) is 1. The van der Waals surface area contributed by atoms with Crippen LogP contribution in [-0.2, 0) is 14.4 Å². The fraction of sp³-hybridized carbons (Fsp3) is 0.227. The molecule has 32 heavy (non-hydrogen) atoms. The molecule has 0 spiro atoms. The van der Waals surface area contributed by atoms with E-state index < -0.39 is 58.9 Å². The number of rotatable bonds is 5. The number of carbonyl (C=O) groups excluding carboxylic acids is 2. The highest BCUT2D eigenvalue weighted by atomic mass is 19.1. The number of hydrogen-bond acceptors (Lipinski definition) is 6. The summed E-state index contributed by atoms with van der Waals surface area (Å²) in [7, 11) is 1.50. The number of anilines is 1. The first-order valence-corrected chi connectivity index (χ1v) is 9.62. The van der Waals surface area contributed by atoms with Gasteiger partial charge in [-0.1, -0.05) is 18.2 Å². The van der Waals surface area contributed by atoms with Gasteiger partial charge in [0, 0.05) is 16.9 Å². The van der Waals surface area contributed by atoms with Gasteiger partial charge < -0.3 is 9.84 Å². The molecular weight excluding hydrogens is 423 g/mol. The number of benzene rings is 2. The number of carboxylic acid groups (broad SMARTS) is 1. The highest BCUT2D eigenvalue weighted by molar-refractivity contribution is 6.21. The molecule has 10 heteroatoms. The predicted octanol–water partition coefficient (Wildman–Crippen LogP) is 2.46. The van der Waals surface area contributed by atoms with Crippen LogP contribution in [0.1, 0.15) is 6.42 Å². The molecule has 2 aromatic carbocycles. The van der Waals surface area contributed by atoms with Gasteiger partial charge in [0.2, 0.25) is 6.04 Å². The van der Waals surface area contributed by atoms with Gasteiger partial charge in [-0.3, -0.25) is 29.4 Å². The van der Waals surface area contributed by atoms with E-state index >= 15 is 4.39 Å². The van der Waals surface area contributed by atoms with E-state index in [1.165, 1.54) is 19.2 Å². The molecular formula is C22H17FN2O7. The molecule has 0 fully saturated rings. The molecule has 1 aliphatic carbocycles. The average Bonchev–Trinajstić information content (AvgIpc) is 3.19.